The summed E-state index contributed by atoms with van der Waals surface area (Å²) >= 11 is 5.83. The molecule has 1 aromatic heterocycles. The third-order valence-electron chi connectivity index (χ3n) is 2.93. The highest BCUT2D eigenvalue weighted by Crippen LogP contribution is 2.17. The van der Waals surface area contributed by atoms with Crippen molar-refractivity contribution >= 4 is 29.1 Å². The van der Waals surface area contributed by atoms with Crippen LogP contribution in [0.4, 0.5) is 5.69 Å². The molecule has 0 aliphatic heterocycles. The van der Waals surface area contributed by atoms with Gasteiger partial charge < -0.3 is 15.0 Å². The average molecular weight is 334 g/mol. The molecule has 0 bridgehead atoms. The Morgan fingerprint density at radius 1 is 1.22 bits per heavy atom. The van der Waals surface area contributed by atoms with Crippen LogP contribution in [0.15, 0.2) is 42.6 Å². The van der Waals surface area contributed by atoms with E-state index in [1.807, 2.05) is 0 Å². The number of nitrogens with zero attached hydrogens (tertiary/aromatic N) is 2. The molecule has 0 saturated heterocycles. The Kier molecular flexibility index (Phi) is 5.54. The van der Waals surface area contributed by atoms with Crippen LogP contribution < -0.4 is 10.1 Å². The van der Waals surface area contributed by atoms with Crippen LogP contribution in [-0.4, -0.2) is 42.4 Å². The molecule has 120 valence electrons. The monoisotopic (exact) mass is 333 g/mol. The highest BCUT2D eigenvalue weighted by molar-refractivity contribution is 6.30. The Labute approximate surface area is 139 Å². The molecule has 2 rings (SSSR count). The molecule has 0 atom stereocenters. The fraction of sp³-hybridized carbons (Fsp3) is 0.188. The van der Waals surface area contributed by atoms with Crippen molar-refractivity contribution in [3.05, 3.63) is 53.3 Å². The minimum absolute atomic E-state index is 0.0366. The Hall–Kier alpha value is -2.60. The van der Waals surface area contributed by atoms with Crippen LogP contribution in [0.1, 0.15) is 10.5 Å². The summed E-state index contributed by atoms with van der Waals surface area (Å²) in [5.74, 6) is 0.0532. The van der Waals surface area contributed by atoms with E-state index in [4.69, 9.17) is 16.3 Å². The lowest BCUT2D eigenvalue weighted by molar-refractivity contribution is -0.130. The van der Waals surface area contributed by atoms with Crippen molar-refractivity contribution in [1.29, 1.82) is 0 Å². The molecule has 0 saturated carbocycles. The highest BCUT2D eigenvalue weighted by Gasteiger charge is 2.09. The number of halogens is 1. The van der Waals surface area contributed by atoms with Crippen LogP contribution in [0.3, 0.4) is 0 Å². The van der Waals surface area contributed by atoms with Gasteiger partial charge >= 0.3 is 0 Å². The van der Waals surface area contributed by atoms with Crippen LogP contribution in [0.25, 0.3) is 0 Å². The first-order valence-corrected chi connectivity index (χ1v) is 7.19. The molecule has 0 aliphatic rings. The van der Waals surface area contributed by atoms with E-state index in [9.17, 15) is 9.59 Å². The smallest absolute Gasteiger partial charge is 0.274 e. The van der Waals surface area contributed by atoms with Crippen LogP contribution in [0.5, 0.6) is 5.75 Å². The zero-order chi connectivity index (χ0) is 16.8. The summed E-state index contributed by atoms with van der Waals surface area (Å²) in [4.78, 5) is 28.9. The maximum atomic E-state index is 12.0. The number of anilines is 1. The molecule has 1 N–H and O–H groups in total. The van der Waals surface area contributed by atoms with E-state index in [1.165, 1.54) is 17.2 Å². The lowest BCUT2D eigenvalue weighted by atomic mass is 10.2. The minimum Gasteiger partial charge on any atom is -0.484 e. The molecule has 0 unspecified atom stereocenters. The molecule has 23 heavy (non-hydrogen) atoms. The van der Waals surface area contributed by atoms with Crippen molar-refractivity contribution in [2.45, 2.75) is 0 Å². The van der Waals surface area contributed by atoms with Gasteiger partial charge in [0.15, 0.2) is 6.61 Å². The van der Waals surface area contributed by atoms with Crippen molar-refractivity contribution in [1.82, 2.24) is 9.88 Å². The quantitative estimate of drug-likeness (QED) is 0.912. The number of ether oxygens (including phenoxy) is 1. The van der Waals surface area contributed by atoms with Gasteiger partial charge in [0.25, 0.3) is 11.8 Å². The van der Waals surface area contributed by atoms with E-state index in [-0.39, 0.29) is 24.1 Å². The van der Waals surface area contributed by atoms with Gasteiger partial charge in [0.05, 0.1) is 0 Å². The fourth-order valence-electron chi connectivity index (χ4n) is 1.63. The third kappa shape index (κ3) is 4.96. The molecule has 0 fully saturated rings. The molecule has 0 radical (unpaired) electrons. The number of hydrogen-bond acceptors (Lipinski definition) is 4. The van der Waals surface area contributed by atoms with E-state index in [0.29, 0.717) is 16.5 Å². The highest BCUT2D eigenvalue weighted by atomic mass is 35.5. The van der Waals surface area contributed by atoms with Crippen molar-refractivity contribution in [3.8, 4) is 5.75 Å². The number of rotatable bonds is 5. The first-order valence-electron chi connectivity index (χ1n) is 6.81. The van der Waals surface area contributed by atoms with E-state index < -0.39 is 0 Å². The largest absolute Gasteiger partial charge is 0.484 e. The predicted octanol–water partition coefficient (Wildman–Crippen LogP) is 2.45. The Balaban J connectivity index is 1.94. The molecule has 2 aromatic rings. The molecule has 0 spiro atoms. The number of carbonyl (C=O) groups is 2. The van der Waals surface area contributed by atoms with E-state index >= 15 is 0 Å². The molecular weight excluding hydrogens is 318 g/mol. The average Bonchev–Trinajstić information content (AvgIpc) is 2.53. The van der Waals surface area contributed by atoms with Gasteiger partial charge in [0, 0.05) is 31.0 Å². The summed E-state index contributed by atoms with van der Waals surface area (Å²) < 4.78 is 5.36. The summed E-state index contributed by atoms with van der Waals surface area (Å²) in [6.45, 7) is -0.0366. The maximum absolute atomic E-state index is 12.0. The molecule has 1 aromatic carbocycles. The lowest BCUT2D eigenvalue weighted by Crippen LogP contribution is -2.27. The second-order valence-corrected chi connectivity index (χ2v) is 5.35. The Morgan fingerprint density at radius 2 is 1.91 bits per heavy atom. The normalized spacial score (nSPS) is 10.0. The van der Waals surface area contributed by atoms with Gasteiger partial charge in [-0.05, 0) is 36.4 Å². The fourth-order valence-corrected chi connectivity index (χ4v) is 1.79. The standard InChI is InChI=1S/C16H16ClN3O3/c1-20(2)15(21)10-23-13-5-3-12(4-6-13)19-16(22)14-9-11(17)7-8-18-14/h3-9H,10H2,1-2H3,(H,19,22). The summed E-state index contributed by atoms with van der Waals surface area (Å²) in [6.07, 6.45) is 1.47. The first kappa shape index (κ1) is 16.8. The topological polar surface area (TPSA) is 71.5 Å². The molecule has 6 nitrogen and oxygen atoms in total. The first-order chi connectivity index (χ1) is 11.0. The molecule has 1 heterocycles. The summed E-state index contributed by atoms with van der Waals surface area (Å²) in [6, 6.07) is 9.78. The van der Waals surface area contributed by atoms with Crippen molar-refractivity contribution in [2.75, 3.05) is 26.0 Å². The third-order valence-corrected chi connectivity index (χ3v) is 3.16. The SMILES string of the molecule is CN(C)C(=O)COc1ccc(NC(=O)c2cc(Cl)ccn2)cc1. The van der Waals surface area contributed by atoms with Gasteiger partial charge in [-0.3, -0.25) is 14.6 Å². The van der Waals surface area contributed by atoms with Crippen molar-refractivity contribution < 1.29 is 14.3 Å². The number of nitrogens with one attached hydrogen (secondary N) is 1. The van der Waals surface area contributed by atoms with Gasteiger partial charge in [-0.1, -0.05) is 11.6 Å². The van der Waals surface area contributed by atoms with E-state index in [1.54, 1.807) is 44.4 Å². The summed E-state index contributed by atoms with van der Waals surface area (Å²) in [5.41, 5.74) is 0.817. The predicted molar refractivity (Wildman–Crippen MR) is 87.8 cm³/mol. The van der Waals surface area contributed by atoms with Crippen LogP contribution in [-0.2, 0) is 4.79 Å². The van der Waals surface area contributed by atoms with Crippen molar-refractivity contribution in [3.63, 3.8) is 0 Å². The summed E-state index contributed by atoms with van der Waals surface area (Å²) in [7, 11) is 3.32. The van der Waals surface area contributed by atoms with E-state index in [2.05, 4.69) is 10.3 Å². The molecule has 2 amide bonds. The molecule has 0 aliphatic carbocycles. The molecular formula is C16H16ClN3O3. The number of hydrogen-bond donors (Lipinski definition) is 1. The van der Waals surface area contributed by atoms with Crippen LogP contribution >= 0.6 is 11.6 Å². The van der Waals surface area contributed by atoms with E-state index in [0.717, 1.165) is 0 Å². The van der Waals surface area contributed by atoms with Gasteiger partial charge in [-0.25, -0.2) is 0 Å². The number of amides is 2. The molecule has 7 heteroatoms. The minimum atomic E-state index is -0.357. The Bertz CT molecular complexity index is 702. The van der Waals surface area contributed by atoms with Crippen molar-refractivity contribution in [2.24, 2.45) is 0 Å². The van der Waals surface area contributed by atoms with Crippen LogP contribution in [0, 0.1) is 0 Å². The van der Waals surface area contributed by atoms with Gasteiger partial charge in [-0.15, -0.1) is 0 Å². The second kappa shape index (κ2) is 7.60. The Morgan fingerprint density at radius 3 is 2.52 bits per heavy atom. The number of benzene rings is 1. The summed E-state index contributed by atoms with van der Waals surface area (Å²) in [5, 5.41) is 3.15. The van der Waals surface area contributed by atoms with Gasteiger partial charge in [0.1, 0.15) is 11.4 Å². The maximum Gasteiger partial charge on any atom is 0.274 e. The van der Waals surface area contributed by atoms with Crippen LogP contribution in [0.2, 0.25) is 5.02 Å². The number of likely N-dealkylation sites (N-methyl/N-ethyl adjacent to an activating group) is 1. The lowest BCUT2D eigenvalue weighted by Gasteiger charge is -2.11. The zero-order valence-corrected chi connectivity index (χ0v) is 13.5. The number of aromatic nitrogens is 1. The zero-order valence-electron chi connectivity index (χ0n) is 12.7. The van der Waals surface area contributed by atoms with Gasteiger partial charge in [0.2, 0.25) is 0 Å². The number of pyridine rings is 1. The van der Waals surface area contributed by atoms with Gasteiger partial charge in [-0.2, -0.15) is 0 Å². The second-order valence-electron chi connectivity index (χ2n) is 4.91. The number of carbonyl (C=O) groups excluding carboxylic acids is 2.